The monoisotopic (exact) mass is 422 g/mol. The van der Waals surface area contributed by atoms with Gasteiger partial charge in [-0.05, 0) is 39.0 Å². The molecule has 29 heavy (non-hydrogen) atoms. The summed E-state index contributed by atoms with van der Waals surface area (Å²) in [6, 6.07) is 5.01. The number of halogens is 2. The standard InChI is InChI=1S/C20H20F2N2O4S/c1-4-26-14-7-11(8-15(27-5-2)18(14)28-6-3)19(25)24-20-23-17-13(22)9-12(21)10-16(17)29-20/h7-10H,4-6H2,1-3H3,(H,23,24,25). The summed E-state index contributed by atoms with van der Waals surface area (Å²) in [4.78, 5) is 16.8. The lowest BCUT2D eigenvalue weighted by Gasteiger charge is -2.16. The number of benzene rings is 2. The van der Waals surface area contributed by atoms with E-state index in [9.17, 15) is 13.6 Å². The minimum absolute atomic E-state index is 0.00315. The molecule has 3 aromatic rings. The van der Waals surface area contributed by atoms with E-state index in [1.54, 1.807) is 12.1 Å². The van der Waals surface area contributed by atoms with Gasteiger partial charge in [0.1, 0.15) is 11.3 Å². The predicted octanol–water partition coefficient (Wildman–Crippen LogP) is 5.02. The van der Waals surface area contributed by atoms with Gasteiger partial charge < -0.3 is 14.2 Å². The summed E-state index contributed by atoms with van der Waals surface area (Å²) in [5, 5.41) is 2.76. The second kappa shape index (κ2) is 9.04. The van der Waals surface area contributed by atoms with Gasteiger partial charge in [0.25, 0.3) is 5.91 Å². The van der Waals surface area contributed by atoms with Gasteiger partial charge in [0.2, 0.25) is 5.75 Å². The predicted molar refractivity (Wildman–Crippen MR) is 107 cm³/mol. The summed E-state index contributed by atoms with van der Waals surface area (Å²) < 4.78 is 44.4. The molecule has 0 unspecified atom stereocenters. The number of aromatic nitrogens is 1. The molecule has 3 rings (SSSR count). The van der Waals surface area contributed by atoms with E-state index in [0.717, 1.165) is 17.4 Å². The topological polar surface area (TPSA) is 69.7 Å². The fourth-order valence-corrected chi connectivity index (χ4v) is 3.60. The van der Waals surface area contributed by atoms with Crippen LogP contribution in [0.5, 0.6) is 17.2 Å². The molecule has 6 nitrogen and oxygen atoms in total. The van der Waals surface area contributed by atoms with Gasteiger partial charge in [-0.15, -0.1) is 0 Å². The van der Waals surface area contributed by atoms with Crippen LogP contribution < -0.4 is 19.5 Å². The molecule has 0 spiro atoms. The third-order valence-electron chi connectivity index (χ3n) is 3.80. The molecule has 1 heterocycles. The number of amides is 1. The summed E-state index contributed by atoms with van der Waals surface area (Å²) in [5.74, 6) is -0.799. The Morgan fingerprint density at radius 2 is 1.62 bits per heavy atom. The first kappa shape index (κ1) is 20.8. The van der Waals surface area contributed by atoms with Crippen LogP contribution >= 0.6 is 11.3 Å². The zero-order chi connectivity index (χ0) is 21.0. The zero-order valence-electron chi connectivity index (χ0n) is 16.2. The van der Waals surface area contributed by atoms with Crippen molar-refractivity contribution in [2.24, 2.45) is 0 Å². The average molecular weight is 422 g/mol. The molecule has 0 saturated carbocycles. The SMILES string of the molecule is CCOc1cc(C(=O)Nc2nc3c(F)cc(F)cc3s2)cc(OCC)c1OCC. The molecule has 1 amide bonds. The van der Waals surface area contributed by atoms with Gasteiger partial charge in [0, 0.05) is 11.6 Å². The summed E-state index contributed by atoms with van der Waals surface area (Å²) in [7, 11) is 0. The average Bonchev–Trinajstić information content (AvgIpc) is 3.07. The van der Waals surface area contributed by atoms with Crippen molar-refractivity contribution in [1.82, 2.24) is 4.98 Å². The van der Waals surface area contributed by atoms with Gasteiger partial charge in [0.05, 0.1) is 24.5 Å². The van der Waals surface area contributed by atoms with E-state index in [2.05, 4.69) is 10.3 Å². The third-order valence-corrected chi connectivity index (χ3v) is 4.72. The molecule has 0 saturated heterocycles. The molecule has 2 aromatic carbocycles. The number of hydrogen-bond donors (Lipinski definition) is 1. The van der Waals surface area contributed by atoms with E-state index in [1.807, 2.05) is 20.8 Å². The molecule has 0 atom stereocenters. The number of nitrogens with zero attached hydrogens (tertiary/aromatic N) is 1. The molecule has 0 radical (unpaired) electrons. The smallest absolute Gasteiger partial charge is 0.257 e. The first-order valence-corrected chi connectivity index (χ1v) is 9.91. The van der Waals surface area contributed by atoms with Crippen molar-refractivity contribution in [1.29, 1.82) is 0 Å². The number of rotatable bonds is 8. The Morgan fingerprint density at radius 3 is 2.21 bits per heavy atom. The molecule has 0 aliphatic heterocycles. The first-order chi connectivity index (χ1) is 14.0. The third kappa shape index (κ3) is 4.56. The van der Waals surface area contributed by atoms with Gasteiger partial charge in [-0.2, -0.15) is 0 Å². The van der Waals surface area contributed by atoms with E-state index in [4.69, 9.17) is 14.2 Å². The number of ether oxygens (including phenoxy) is 3. The lowest BCUT2D eigenvalue weighted by molar-refractivity contribution is 0.102. The van der Waals surface area contributed by atoms with Crippen molar-refractivity contribution in [2.45, 2.75) is 20.8 Å². The van der Waals surface area contributed by atoms with Crippen molar-refractivity contribution in [3.63, 3.8) is 0 Å². The molecule has 0 aliphatic rings. The Balaban J connectivity index is 1.94. The van der Waals surface area contributed by atoms with Crippen LogP contribution in [0.25, 0.3) is 10.2 Å². The van der Waals surface area contributed by atoms with Gasteiger partial charge in [-0.1, -0.05) is 11.3 Å². The lowest BCUT2D eigenvalue weighted by Crippen LogP contribution is -2.13. The number of thiazole rings is 1. The number of carbonyl (C=O) groups excluding carboxylic acids is 1. The van der Waals surface area contributed by atoms with Crippen LogP contribution in [-0.4, -0.2) is 30.7 Å². The van der Waals surface area contributed by atoms with Crippen LogP contribution in [0.2, 0.25) is 0 Å². The summed E-state index contributed by atoms with van der Waals surface area (Å²) in [6.07, 6.45) is 0. The quantitative estimate of drug-likeness (QED) is 0.552. The summed E-state index contributed by atoms with van der Waals surface area (Å²) in [5.41, 5.74) is 0.259. The van der Waals surface area contributed by atoms with Gasteiger partial charge >= 0.3 is 0 Å². The Morgan fingerprint density at radius 1 is 1.00 bits per heavy atom. The molecular weight excluding hydrogens is 402 g/mol. The largest absolute Gasteiger partial charge is 0.490 e. The Labute approximate surface area is 170 Å². The molecule has 9 heteroatoms. The molecule has 154 valence electrons. The molecule has 0 aliphatic carbocycles. The first-order valence-electron chi connectivity index (χ1n) is 9.10. The van der Waals surface area contributed by atoms with Gasteiger partial charge in [-0.25, -0.2) is 13.8 Å². The number of carbonyl (C=O) groups is 1. The maximum Gasteiger partial charge on any atom is 0.257 e. The maximum absolute atomic E-state index is 13.9. The number of fused-ring (bicyclic) bond motifs is 1. The van der Waals surface area contributed by atoms with Crippen molar-refractivity contribution in [3.05, 3.63) is 41.5 Å². The van der Waals surface area contributed by atoms with Crippen LogP contribution in [-0.2, 0) is 0 Å². The highest BCUT2D eigenvalue weighted by atomic mass is 32.1. The van der Waals surface area contributed by atoms with E-state index < -0.39 is 17.5 Å². The number of nitrogens with one attached hydrogen (secondary N) is 1. The highest BCUT2D eigenvalue weighted by Crippen LogP contribution is 2.39. The fourth-order valence-electron chi connectivity index (χ4n) is 2.70. The van der Waals surface area contributed by atoms with E-state index >= 15 is 0 Å². The molecule has 0 bridgehead atoms. The Bertz CT molecular complexity index is 1010. The summed E-state index contributed by atoms with van der Waals surface area (Å²) in [6.45, 7) is 6.62. The minimum atomic E-state index is -0.782. The second-order valence-corrected chi connectivity index (χ2v) is 6.84. The van der Waals surface area contributed by atoms with Crippen LogP contribution in [0.4, 0.5) is 13.9 Å². The number of anilines is 1. The highest BCUT2D eigenvalue weighted by Gasteiger charge is 2.20. The fraction of sp³-hybridized carbons (Fsp3) is 0.300. The van der Waals surface area contributed by atoms with Crippen molar-refractivity contribution < 1.29 is 27.8 Å². The molecule has 1 N–H and O–H groups in total. The lowest BCUT2D eigenvalue weighted by atomic mass is 10.1. The van der Waals surface area contributed by atoms with Crippen molar-refractivity contribution >= 4 is 32.6 Å². The van der Waals surface area contributed by atoms with E-state index in [0.29, 0.717) is 41.8 Å². The van der Waals surface area contributed by atoms with Crippen LogP contribution in [0.15, 0.2) is 24.3 Å². The van der Waals surface area contributed by atoms with Crippen molar-refractivity contribution in [3.8, 4) is 17.2 Å². The Hall–Kier alpha value is -2.94. The molecular formula is C20H20F2N2O4S. The molecule has 0 fully saturated rings. The van der Waals surface area contributed by atoms with E-state index in [1.165, 1.54) is 6.07 Å². The van der Waals surface area contributed by atoms with Gasteiger partial charge in [-0.3, -0.25) is 10.1 Å². The normalized spacial score (nSPS) is 10.8. The second-order valence-electron chi connectivity index (χ2n) is 5.81. The van der Waals surface area contributed by atoms with Crippen LogP contribution in [0.1, 0.15) is 31.1 Å². The minimum Gasteiger partial charge on any atom is -0.490 e. The van der Waals surface area contributed by atoms with Crippen LogP contribution in [0, 0.1) is 11.6 Å². The highest BCUT2D eigenvalue weighted by molar-refractivity contribution is 7.22. The summed E-state index contributed by atoms with van der Waals surface area (Å²) >= 11 is 0.979. The van der Waals surface area contributed by atoms with Crippen LogP contribution in [0.3, 0.4) is 0 Å². The van der Waals surface area contributed by atoms with Crippen molar-refractivity contribution in [2.75, 3.05) is 25.1 Å². The Kier molecular flexibility index (Phi) is 6.48. The zero-order valence-corrected chi connectivity index (χ0v) is 17.0. The van der Waals surface area contributed by atoms with Gasteiger partial charge in [0.15, 0.2) is 22.4 Å². The van der Waals surface area contributed by atoms with E-state index in [-0.39, 0.29) is 16.2 Å². The maximum atomic E-state index is 13.9. The molecule has 1 aromatic heterocycles. The number of hydrogen-bond acceptors (Lipinski definition) is 6.